The van der Waals surface area contributed by atoms with Crippen LogP contribution in [0.2, 0.25) is 0 Å². The molecule has 0 aliphatic carbocycles. The number of carbonyl (C=O) groups is 2. The molecule has 26 heavy (non-hydrogen) atoms. The van der Waals surface area contributed by atoms with E-state index in [1.54, 1.807) is 12.1 Å². The first-order valence-electron chi connectivity index (χ1n) is 7.01. The number of nitro benzene ring substituents is 2. The molecule has 10 nitrogen and oxygen atoms in total. The molecule has 2 N–H and O–H groups in total. The molecule has 0 amide bonds. The topological polar surface area (TPSA) is 161 Å². The second kappa shape index (κ2) is 8.33. The second-order valence-electron chi connectivity index (χ2n) is 5.12. The van der Waals surface area contributed by atoms with Gasteiger partial charge in [0.25, 0.3) is 11.4 Å². The molecule has 136 valence electrons. The van der Waals surface area contributed by atoms with Crippen LogP contribution < -0.4 is 0 Å². The van der Waals surface area contributed by atoms with E-state index in [0.29, 0.717) is 6.07 Å². The summed E-state index contributed by atoms with van der Waals surface area (Å²) in [7, 11) is 0. The van der Waals surface area contributed by atoms with Crippen molar-refractivity contribution in [3.8, 4) is 0 Å². The molecule has 2 rings (SSSR count). The van der Waals surface area contributed by atoms with Gasteiger partial charge in [0, 0.05) is 24.3 Å². The zero-order valence-corrected chi connectivity index (χ0v) is 13.7. The Morgan fingerprint density at radius 1 is 0.769 bits per heavy atom. The predicted molar refractivity (Wildman–Crippen MR) is 89.6 cm³/mol. The van der Waals surface area contributed by atoms with Gasteiger partial charge in [-0.2, -0.15) is 0 Å². The highest BCUT2D eigenvalue weighted by atomic mass is 16.6. The van der Waals surface area contributed by atoms with E-state index in [-0.39, 0.29) is 10.6 Å². The third-order valence-corrected chi connectivity index (χ3v) is 3.38. The first-order chi connectivity index (χ1) is 12.0. The summed E-state index contributed by atoms with van der Waals surface area (Å²) in [5.74, 6) is -2.96. The zero-order valence-electron chi connectivity index (χ0n) is 13.7. The van der Waals surface area contributed by atoms with E-state index in [4.69, 9.17) is 10.2 Å². The molecule has 0 aromatic heterocycles. The Balaban J connectivity index is 0.000000273. The van der Waals surface area contributed by atoms with Crippen molar-refractivity contribution in [2.24, 2.45) is 0 Å². The van der Waals surface area contributed by atoms with Crippen molar-refractivity contribution in [1.29, 1.82) is 0 Å². The maximum Gasteiger partial charge on any atom is 0.336 e. The highest BCUT2D eigenvalue weighted by Gasteiger charge is 2.19. The van der Waals surface area contributed by atoms with Gasteiger partial charge < -0.3 is 10.2 Å². The number of hydrogen-bond acceptors (Lipinski definition) is 6. The maximum absolute atomic E-state index is 10.6. The van der Waals surface area contributed by atoms with Gasteiger partial charge in [0.05, 0.1) is 21.0 Å². The van der Waals surface area contributed by atoms with Crippen molar-refractivity contribution in [2.75, 3.05) is 0 Å². The van der Waals surface area contributed by atoms with E-state index < -0.39 is 33.7 Å². The van der Waals surface area contributed by atoms with Crippen molar-refractivity contribution < 1.29 is 29.6 Å². The number of carboxylic acid groups (broad SMARTS) is 2. The Labute approximate surface area is 146 Å². The molecule has 0 fully saturated rings. The van der Waals surface area contributed by atoms with Gasteiger partial charge in [-0.15, -0.1) is 0 Å². The van der Waals surface area contributed by atoms with Gasteiger partial charge in [-0.3, -0.25) is 20.2 Å². The molecule has 0 aliphatic heterocycles. The molecule has 0 unspecified atom stereocenters. The molecule has 10 heteroatoms. The van der Waals surface area contributed by atoms with Crippen molar-refractivity contribution in [1.82, 2.24) is 0 Å². The lowest BCUT2D eigenvalue weighted by Crippen LogP contribution is -2.08. The van der Waals surface area contributed by atoms with Gasteiger partial charge in [-0.25, -0.2) is 9.59 Å². The largest absolute Gasteiger partial charge is 0.478 e. The van der Waals surface area contributed by atoms with Gasteiger partial charge in [-0.05, 0) is 31.0 Å². The van der Waals surface area contributed by atoms with Gasteiger partial charge in [0.2, 0.25) is 0 Å². The fourth-order valence-electron chi connectivity index (χ4n) is 1.85. The summed E-state index contributed by atoms with van der Waals surface area (Å²) in [5, 5.41) is 37.8. The summed E-state index contributed by atoms with van der Waals surface area (Å²) in [6.07, 6.45) is 0. The molecule has 2 aromatic rings. The summed E-state index contributed by atoms with van der Waals surface area (Å²) in [6.45, 7) is 3.79. The minimum Gasteiger partial charge on any atom is -0.478 e. The summed E-state index contributed by atoms with van der Waals surface area (Å²) in [6, 6.07) is 7.40. The highest BCUT2D eigenvalue weighted by Crippen LogP contribution is 2.18. The summed E-state index contributed by atoms with van der Waals surface area (Å²) < 4.78 is 0. The quantitative estimate of drug-likeness (QED) is 0.619. The van der Waals surface area contributed by atoms with Gasteiger partial charge in [0.1, 0.15) is 0 Å². The lowest BCUT2D eigenvalue weighted by molar-refractivity contribution is -0.385. The molecule has 0 aliphatic rings. The Hall–Kier alpha value is -3.82. The van der Waals surface area contributed by atoms with E-state index in [2.05, 4.69) is 0 Å². The molecule has 0 saturated heterocycles. The molecule has 0 bridgehead atoms. The van der Waals surface area contributed by atoms with Crippen molar-refractivity contribution >= 4 is 23.3 Å². The standard InChI is InChI=1S/C8H5NO6.C8H9NO2/c10-7(11)5-2-1-4(9(14)15)3-6(5)8(12)13;1-6-3-4-8(9(10)11)5-7(6)2/h1-3H,(H,10,11)(H,12,13);3-5H,1-2H3. The smallest absolute Gasteiger partial charge is 0.336 e. The minimum absolute atomic E-state index is 0.160. The van der Waals surface area contributed by atoms with Crippen LogP contribution in [0.15, 0.2) is 36.4 Å². The Bertz CT molecular complexity index is 892. The van der Waals surface area contributed by atoms with Crippen LogP contribution in [0.3, 0.4) is 0 Å². The zero-order chi connectivity index (χ0) is 20.0. The molecule has 0 saturated carbocycles. The van der Waals surface area contributed by atoms with E-state index in [0.717, 1.165) is 23.3 Å². The minimum atomic E-state index is -1.52. The van der Waals surface area contributed by atoms with Gasteiger partial charge in [0.15, 0.2) is 0 Å². The van der Waals surface area contributed by atoms with E-state index >= 15 is 0 Å². The molecular formula is C16H14N2O8. The predicted octanol–water partition coefficient (Wildman–Crippen LogP) is 3.20. The lowest BCUT2D eigenvalue weighted by Gasteiger charge is -2.00. The number of benzene rings is 2. The second-order valence-corrected chi connectivity index (χ2v) is 5.12. The van der Waals surface area contributed by atoms with Crippen LogP contribution in [0.4, 0.5) is 11.4 Å². The maximum atomic E-state index is 10.6. The molecule has 0 radical (unpaired) electrons. The number of carboxylic acids is 2. The average molecular weight is 362 g/mol. The number of hydrogen-bond donors (Lipinski definition) is 2. The number of aromatic carboxylic acids is 2. The third-order valence-electron chi connectivity index (χ3n) is 3.38. The Morgan fingerprint density at radius 2 is 1.23 bits per heavy atom. The molecule has 2 aromatic carbocycles. The molecule has 0 atom stereocenters. The summed E-state index contributed by atoms with van der Waals surface area (Å²) in [4.78, 5) is 40.6. The monoisotopic (exact) mass is 362 g/mol. The van der Waals surface area contributed by atoms with Crippen molar-refractivity contribution in [3.05, 3.63) is 78.9 Å². The van der Waals surface area contributed by atoms with E-state index in [9.17, 15) is 29.8 Å². The number of aryl methyl sites for hydroxylation is 2. The molecular weight excluding hydrogens is 348 g/mol. The van der Waals surface area contributed by atoms with Gasteiger partial charge >= 0.3 is 11.9 Å². The van der Waals surface area contributed by atoms with Crippen LogP contribution in [-0.4, -0.2) is 32.0 Å². The Kier molecular flexibility index (Phi) is 6.48. The van der Waals surface area contributed by atoms with Crippen LogP contribution in [0.1, 0.15) is 31.8 Å². The fourth-order valence-corrected chi connectivity index (χ4v) is 1.85. The molecule has 0 heterocycles. The summed E-state index contributed by atoms with van der Waals surface area (Å²) in [5.41, 5.74) is 0.658. The van der Waals surface area contributed by atoms with E-state index in [1.165, 1.54) is 6.07 Å². The van der Waals surface area contributed by atoms with Crippen molar-refractivity contribution in [3.63, 3.8) is 0 Å². The van der Waals surface area contributed by atoms with E-state index in [1.807, 2.05) is 13.8 Å². The first kappa shape index (κ1) is 20.2. The first-order valence-corrected chi connectivity index (χ1v) is 7.01. The SMILES string of the molecule is Cc1ccc([N+](=O)[O-])cc1C.O=C(O)c1ccc([N+](=O)[O-])cc1C(=O)O. The number of rotatable bonds is 4. The van der Waals surface area contributed by atoms with Gasteiger partial charge in [-0.1, -0.05) is 6.07 Å². The molecule has 0 spiro atoms. The third kappa shape index (κ3) is 5.09. The van der Waals surface area contributed by atoms with Crippen LogP contribution in [0.25, 0.3) is 0 Å². The fraction of sp³-hybridized carbons (Fsp3) is 0.125. The number of nitro groups is 2. The van der Waals surface area contributed by atoms with Crippen LogP contribution in [-0.2, 0) is 0 Å². The highest BCUT2D eigenvalue weighted by molar-refractivity contribution is 6.02. The van der Waals surface area contributed by atoms with Crippen LogP contribution >= 0.6 is 0 Å². The summed E-state index contributed by atoms with van der Waals surface area (Å²) >= 11 is 0. The normalized spacial score (nSPS) is 9.62. The lowest BCUT2D eigenvalue weighted by atomic mass is 10.1. The van der Waals surface area contributed by atoms with Crippen LogP contribution in [0, 0.1) is 34.1 Å². The van der Waals surface area contributed by atoms with Crippen LogP contribution in [0.5, 0.6) is 0 Å². The van der Waals surface area contributed by atoms with Crippen molar-refractivity contribution in [2.45, 2.75) is 13.8 Å². The average Bonchev–Trinajstić information content (AvgIpc) is 2.56. The number of non-ortho nitro benzene ring substituents is 2. The number of nitrogens with zero attached hydrogens (tertiary/aromatic N) is 2. The Morgan fingerprint density at radius 3 is 1.65 bits per heavy atom.